The fourth-order valence-electron chi connectivity index (χ4n) is 1.95. The number of carbonyl (C=O) groups is 1. The van der Waals surface area contributed by atoms with E-state index in [2.05, 4.69) is 10.3 Å². The lowest BCUT2D eigenvalue weighted by atomic mass is 10.2. The summed E-state index contributed by atoms with van der Waals surface area (Å²) < 4.78 is 10.7. The third kappa shape index (κ3) is 3.68. The minimum Gasteiger partial charge on any atom is -0.441 e. The molecule has 6 nitrogen and oxygen atoms in total. The largest absolute Gasteiger partial charge is 0.441 e. The summed E-state index contributed by atoms with van der Waals surface area (Å²) in [4.78, 5) is 16.4. The first kappa shape index (κ1) is 15.2. The molecule has 0 saturated carbocycles. The number of ether oxygens (including phenoxy) is 1. The van der Waals surface area contributed by atoms with Gasteiger partial charge in [-0.05, 0) is 12.5 Å². The first-order valence-corrected chi connectivity index (χ1v) is 6.66. The van der Waals surface area contributed by atoms with Gasteiger partial charge in [-0.15, -0.1) is 0 Å². The lowest BCUT2D eigenvalue weighted by molar-refractivity contribution is -0.132. The summed E-state index contributed by atoms with van der Waals surface area (Å²) in [5.74, 6) is 0.482. The summed E-state index contributed by atoms with van der Waals surface area (Å²) in [5, 5.41) is 2.80. The zero-order valence-corrected chi connectivity index (χ0v) is 12.1. The quantitative estimate of drug-likeness (QED) is 0.840. The average Bonchev–Trinajstić information content (AvgIpc) is 2.87. The minimum atomic E-state index is -0.882. The molecule has 6 heteroatoms. The molecular formula is C15H19N3O3. The summed E-state index contributed by atoms with van der Waals surface area (Å²) in [5.41, 5.74) is 7.22. The second-order valence-corrected chi connectivity index (χ2v) is 4.58. The lowest BCUT2D eigenvalue weighted by Gasteiger charge is -2.12. The van der Waals surface area contributed by atoms with E-state index in [-0.39, 0.29) is 18.3 Å². The van der Waals surface area contributed by atoms with Crippen molar-refractivity contribution < 1.29 is 13.9 Å². The molecule has 1 atom stereocenters. The number of carbonyl (C=O) groups excluding carboxylic acids is 1. The first-order chi connectivity index (χ1) is 10.2. The number of methoxy groups -OCH3 is 1. The Hall–Kier alpha value is -2.18. The van der Waals surface area contributed by atoms with Crippen LogP contribution in [-0.4, -0.2) is 18.0 Å². The molecule has 0 fully saturated rings. The molecule has 112 valence electrons. The fourth-order valence-corrected chi connectivity index (χ4v) is 1.95. The van der Waals surface area contributed by atoms with Gasteiger partial charge in [-0.3, -0.25) is 4.79 Å². The Kier molecular flexibility index (Phi) is 5.08. The Balaban J connectivity index is 2.04. The average molecular weight is 289 g/mol. The van der Waals surface area contributed by atoms with Crippen molar-refractivity contribution in [2.45, 2.75) is 26.1 Å². The van der Waals surface area contributed by atoms with Gasteiger partial charge in [-0.25, -0.2) is 4.98 Å². The number of rotatable bonds is 6. The van der Waals surface area contributed by atoms with Crippen LogP contribution in [0.4, 0.5) is 0 Å². The zero-order chi connectivity index (χ0) is 15.2. The topological polar surface area (TPSA) is 90.4 Å². The van der Waals surface area contributed by atoms with Crippen LogP contribution in [0.5, 0.6) is 0 Å². The number of oxazole rings is 1. The van der Waals surface area contributed by atoms with Crippen molar-refractivity contribution in [3.8, 4) is 0 Å². The van der Waals surface area contributed by atoms with Gasteiger partial charge in [0.25, 0.3) is 5.91 Å². The zero-order valence-electron chi connectivity index (χ0n) is 12.1. The molecule has 0 radical (unpaired) electrons. The van der Waals surface area contributed by atoms with E-state index in [1.165, 1.54) is 7.11 Å². The van der Waals surface area contributed by atoms with Crippen molar-refractivity contribution in [2.24, 2.45) is 5.73 Å². The van der Waals surface area contributed by atoms with Crippen LogP contribution in [0.1, 0.15) is 29.0 Å². The van der Waals surface area contributed by atoms with E-state index in [9.17, 15) is 4.79 Å². The molecule has 1 amide bonds. The highest BCUT2D eigenvalue weighted by Crippen LogP contribution is 2.19. The number of aromatic nitrogens is 1. The summed E-state index contributed by atoms with van der Waals surface area (Å²) in [6.45, 7) is 2.44. The van der Waals surface area contributed by atoms with E-state index in [4.69, 9.17) is 14.9 Å². The summed E-state index contributed by atoms with van der Waals surface area (Å²) >= 11 is 0. The summed E-state index contributed by atoms with van der Waals surface area (Å²) in [7, 11) is 1.44. The Morgan fingerprint density at radius 2 is 2.14 bits per heavy atom. The molecule has 1 aromatic heterocycles. The van der Waals surface area contributed by atoms with Crippen molar-refractivity contribution in [1.29, 1.82) is 0 Å². The predicted octanol–water partition coefficient (Wildman–Crippen LogP) is 1.45. The highest BCUT2D eigenvalue weighted by molar-refractivity contribution is 5.81. The third-order valence-electron chi connectivity index (χ3n) is 3.10. The van der Waals surface area contributed by atoms with E-state index in [1.807, 2.05) is 30.3 Å². The van der Waals surface area contributed by atoms with E-state index < -0.39 is 6.10 Å². The molecule has 21 heavy (non-hydrogen) atoms. The monoisotopic (exact) mass is 289 g/mol. The molecule has 1 heterocycles. The van der Waals surface area contributed by atoms with Crippen molar-refractivity contribution in [1.82, 2.24) is 10.3 Å². The van der Waals surface area contributed by atoms with Gasteiger partial charge in [0.1, 0.15) is 5.76 Å². The number of amides is 1. The second-order valence-electron chi connectivity index (χ2n) is 4.58. The van der Waals surface area contributed by atoms with Gasteiger partial charge < -0.3 is 20.2 Å². The molecule has 0 saturated heterocycles. The van der Waals surface area contributed by atoms with Crippen LogP contribution in [-0.2, 0) is 22.6 Å². The SMILES string of the molecule is COC(C(=O)NCc1ccccc1)c1nc(C)c(CN)o1. The minimum absolute atomic E-state index is 0.223. The van der Waals surface area contributed by atoms with Gasteiger partial charge in [0.05, 0.1) is 12.2 Å². The lowest BCUT2D eigenvalue weighted by Crippen LogP contribution is -2.30. The van der Waals surface area contributed by atoms with Gasteiger partial charge in [-0.2, -0.15) is 0 Å². The van der Waals surface area contributed by atoms with E-state index in [0.29, 0.717) is 18.0 Å². The van der Waals surface area contributed by atoms with Gasteiger partial charge in [0.15, 0.2) is 0 Å². The Morgan fingerprint density at radius 1 is 1.43 bits per heavy atom. The van der Waals surface area contributed by atoms with E-state index in [0.717, 1.165) is 5.56 Å². The van der Waals surface area contributed by atoms with Crippen LogP contribution in [0.2, 0.25) is 0 Å². The number of nitrogens with one attached hydrogen (secondary N) is 1. The van der Waals surface area contributed by atoms with Crippen LogP contribution in [0.3, 0.4) is 0 Å². The normalized spacial score (nSPS) is 12.1. The van der Waals surface area contributed by atoms with Gasteiger partial charge in [0.2, 0.25) is 12.0 Å². The molecule has 0 aliphatic rings. The third-order valence-corrected chi connectivity index (χ3v) is 3.10. The molecule has 1 unspecified atom stereocenters. The number of hydrogen-bond acceptors (Lipinski definition) is 5. The maximum Gasteiger partial charge on any atom is 0.259 e. The fraction of sp³-hybridized carbons (Fsp3) is 0.333. The van der Waals surface area contributed by atoms with Gasteiger partial charge in [-0.1, -0.05) is 30.3 Å². The number of aryl methyl sites for hydroxylation is 1. The Labute approximate surface area is 123 Å². The second kappa shape index (κ2) is 7.01. The smallest absolute Gasteiger partial charge is 0.259 e. The number of nitrogens with zero attached hydrogens (tertiary/aromatic N) is 1. The molecule has 1 aromatic carbocycles. The van der Waals surface area contributed by atoms with Gasteiger partial charge >= 0.3 is 0 Å². The van der Waals surface area contributed by atoms with Crippen molar-refractivity contribution in [3.05, 3.63) is 53.2 Å². The van der Waals surface area contributed by atoms with E-state index in [1.54, 1.807) is 6.92 Å². The molecular weight excluding hydrogens is 270 g/mol. The van der Waals surface area contributed by atoms with Crippen molar-refractivity contribution in [2.75, 3.05) is 7.11 Å². The van der Waals surface area contributed by atoms with Crippen LogP contribution >= 0.6 is 0 Å². The Morgan fingerprint density at radius 3 is 2.71 bits per heavy atom. The first-order valence-electron chi connectivity index (χ1n) is 6.66. The molecule has 0 spiro atoms. The number of benzene rings is 1. The van der Waals surface area contributed by atoms with Crippen LogP contribution < -0.4 is 11.1 Å². The predicted molar refractivity (Wildman–Crippen MR) is 77.2 cm³/mol. The maximum absolute atomic E-state index is 12.2. The molecule has 0 aliphatic carbocycles. The Bertz CT molecular complexity index is 595. The molecule has 0 bridgehead atoms. The molecule has 0 aliphatic heterocycles. The van der Waals surface area contributed by atoms with Crippen LogP contribution in [0, 0.1) is 6.92 Å². The maximum atomic E-state index is 12.2. The molecule has 2 rings (SSSR count). The highest BCUT2D eigenvalue weighted by Gasteiger charge is 2.26. The molecule has 3 N–H and O–H groups in total. The van der Waals surface area contributed by atoms with Crippen LogP contribution in [0.15, 0.2) is 34.7 Å². The standard InChI is InChI=1S/C15H19N3O3/c1-10-12(8-16)21-15(18-10)13(20-2)14(19)17-9-11-6-4-3-5-7-11/h3-7,13H,8-9,16H2,1-2H3,(H,17,19). The van der Waals surface area contributed by atoms with Gasteiger partial charge in [0, 0.05) is 13.7 Å². The van der Waals surface area contributed by atoms with E-state index >= 15 is 0 Å². The van der Waals surface area contributed by atoms with Crippen molar-refractivity contribution >= 4 is 5.91 Å². The summed E-state index contributed by atoms with van der Waals surface area (Å²) in [6, 6.07) is 9.63. The van der Waals surface area contributed by atoms with Crippen LogP contribution in [0.25, 0.3) is 0 Å². The number of hydrogen-bond donors (Lipinski definition) is 2. The summed E-state index contributed by atoms with van der Waals surface area (Å²) in [6.07, 6.45) is -0.882. The van der Waals surface area contributed by atoms with Crippen molar-refractivity contribution in [3.63, 3.8) is 0 Å². The number of nitrogens with two attached hydrogens (primary N) is 1. The molecule has 2 aromatic rings. The highest BCUT2D eigenvalue weighted by atomic mass is 16.5.